The first-order valence-electron chi connectivity index (χ1n) is 10.2. The molecule has 1 fully saturated rings. The minimum Gasteiger partial charge on any atom is -0.496 e. The molecule has 1 heterocycles. The number of benzene rings is 2. The molecular formula is C23H28FN3O3. The monoisotopic (exact) mass is 413 g/mol. The van der Waals surface area contributed by atoms with Crippen LogP contribution in [0.4, 0.5) is 14.9 Å². The molecule has 0 unspecified atom stereocenters. The Labute approximate surface area is 176 Å². The molecule has 6 nitrogen and oxygen atoms in total. The zero-order valence-electron chi connectivity index (χ0n) is 17.2. The van der Waals surface area contributed by atoms with Crippen molar-refractivity contribution >= 4 is 17.6 Å². The van der Waals surface area contributed by atoms with E-state index in [2.05, 4.69) is 10.6 Å². The van der Waals surface area contributed by atoms with Gasteiger partial charge in [0.2, 0.25) is 5.91 Å². The molecule has 1 aliphatic heterocycles. The molecule has 160 valence electrons. The van der Waals surface area contributed by atoms with Gasteiger partial charge in [0, 0.05) is 37.3 Å². The lowest BCUT2D eigenvalue weighted by molar-refractivity contribution is -0.121. The van der Waals surface area contributed by atoms with Crippen LogP contribution in [0, 0.1) is 11.7 Å². The molecule has 2 aromatic carbocycles. The van der Waals surface area contributed by atoms with Gasteiger partial charge in [-0.25, -0.2) is 9.18 Å². The number of likely N-dealkylation sites (tertiary alicyclic amines) is 1. The van der Waals surface area contributed by atoms with Gasteiger partial charge in [-0.15, -0.1) is 0 Å². The molecule has 0 aliphatic carbocycles. The van der Waals surface area contributed by atoms with Crippen LogP contribution in [-0.2, 0) is 11.3 Å². The van der Waals surface area contributed by atoms with Crippen LogP contribution in [0.3, 0.4) is 0 Å². The fourth-order valence-electron chi connectivity index (χ4n) is 3.72. The van der Waals surface area contributed by atoms with Gasteiger partial charge in [-0.3, -0.25) is 4.79 Å². The highest BCUT2D eigenvalue weighted by Gasteiger charge is 2.24. The third-order valence-electron chi connectivity index (χ3n) is 5.33. The van der Waals surface area contributed by atoms with Gasteiger partial charge in [0.1, 0.15) is 11.6 Å². The van der Waals surface area contributed by atoms with Crippen molar-refractivity contribution in [1.82, 2.24) is 10.2 Å². The Bertz CT molecular complexity index is 874. The normalized spacial score (nSPS) is 16.1. The number of anilines is 1. The maximum Gasteiger partial charge on any atom is 0.321 e. The van der Waals surface area contributed by atoms with E-state index in [0.29, 0.717) is 31.7 Å². The van der Waals surface area contributed by atoms with Crippen LogP contribution in [0.1, 0.15) is 31.2 Å². The summed E-state index contributed by atoms with van der Waals surface area (Å²) in [5.41, 5.74) is 1.38. The van der Waals surface area contributed by atoms with E-state index >= 15 is 0 Å². The van der Waals surface area contributed by atoms with Crippen molar-refractivity contribution in [2.45, 2.75) is 32.2 Å². The van der Waals surface area contributed by atoms with E-state index in [1.807, 2.05) is 24.3 Å². The molecule has 2 N–H and O–H groups in total. The first kappa shape index (κ1) is 21.6. The molecule has 0 bridgehead atoms. The molecule has 1 atom stereocenters. The number of amides is 3. The van der Waals surface area contributed by atoms with E-state index in [4.69, 9.17) is 4.74 Å². The molecule has 0 aromatic heterocycles. The second-order valence-corrected chi connectivity index (χ2v) is 7.52. The SMILES string of the molecule is COc1ccccc1CNC(=O)CC[C@@H]1CCCN(C(=O)Nc2cccc(F)c2)C1. The summed E-state index contributed by atoms with van der Waals surface area (Å²) >= 11 is 0. The summed E-state index contributed by atoms with van der Waals surface area (Å²) in [6.45, 7) is 1.69. The van der Waals surface area contributed by atoms with Crippen molar-refractivity contribution in [3.63, 3.8) is 0 Å². The van der Waals surface area contributed by atoms with Crippen LogP contribution >= 0.6 is 0 Å². The number of nitrogens with one attached hydrogen (secondary N) is 2. The number of hydrogen-bond acceptors (Lipinski definition) is 3. The molecule has 0 spiro atoms. The summed E-state index contributed by atoms with van der Waals surface area (Å²) in [5, 5.41) is 5.68. The van der Waals surface area contributed by atoms with Crippen LogP contribution < -0.4 is 15.4 Å². The predicted molar refractivity (Wildman–Crippen MR) is 114 cm³/mol. The Morgan fingerprint density at radius 3 is 2.83 bits per heavy atom. The summed E-state index contributed by atoms with van der Waals surface area (Å²) in [5.74, 6) is 0.629. The minimum absolute atomic E-state index is 0.0118. The molecule has 3 amide bonds. The van der Waals surface area contributed by atoms with Crippen molar-refractivity contribution in [3.05, 3.63) is 59.9 Å². The van der Waals surface area contributed by atoms with Crippen LogP contribution in [0.25, 0.3) is 0 Å². The molecular weight excluding hydrogens is 385 g/mol. The van der Waals surface area contributed by atoms with E-state index < -0.39 is 0 Å². The largest absolute Gasteiger partial charge is 0.496 e. The summed E-state index contributed by atoms with van der Waals surface area (Å²) in [4.78, 5) is 26.5. The molecule has 0 radical (unpaired) electrons. The predicted octanol–water partition coefficient (Wildman–Crippen LogP) is 4.17. The summed E-state index contributed by atoms with van der Waals surface area (Å²) < 4.78 is 18.6. The topological polar surface area (TPSA) is 70.7 Å². The zero-order chi connectivity index (χ0) is 21.3. The Hall–Kier alpha value is -3.09. The maximum absolute atomic E-state index is 13.3. The third-order valence-corrected chi connectivity index (χ3v) is 5.33. The lowest BCUT2D eigenvalue weighted by atomic mass is 9.93. The average Bonchev–Trinajstić information content (AvgIpc) is 2.76. The fourth-order valence-corrected chi connectivity index (χ4v) is 3.72. The molecule has 3 rings (SSSR count). The number of carbonyl (C=O) groups is 2. The highest BCUT2D eigenvalue weighted by atomic mass is 19.1. The Balaban J connectivity index is 1.43. The van der Waals surface area contributed by atoms with Crippen molar-refractivity contribution in [2.24, 2.45) is 5.92 Å². The van der Waals surface area contributed by atoms with Gasteiger partial charge >= 0.3 is 6.03 Å². The zero-order valence-corrected chi connectivity index (χ0v) is 17.2. The summed E-state index contributed by atoms with van der Waals surface area (Å²) in [6.07, 6.45) is 3.02. The fraction of sp³-hybridized carbons (Fsp3) is 0.391. The number of piperidine rings is 1. The highest BCUT2D eigenvalue weighted by Crippen LogP contribution is 2.22. The second kappa shape index (κ2) is 10.6. The number of nitrogens with zero attached hydrogens (tertiary/aromatic N) is 1. The van der Waals surface area contributed by atoms with Gasteiger partial charge < -0.3 is 20.3 Å². The van der Waals surface area contributed by atoms with Crippen molar-refractivity contribution in [1.29, 1.82) is 0 Å². The lowest BCUT2D eigenvalue weighted by Crippen LogP contribution is -2.42. The molecule has 7 heteroatoms. The standard InChI is InChI=1S/C23H28FN3O3/c1-30-21-10-3-2-7-18(21)15-25-22(28)12-11-17-6-5-13-27(16-17)23(29)26-20-9-4-8-19(24)14-20/h2-4,7-10,14,17H,5-6,11-13,15-16H2,1H3,(H,25,28)(H,26,29)/t17-/m0/s1. The number of urea groups is 1. The van der Waals surface area contributed by atoms with Crippen LogP contribution in [-0.4, -0.2) is 37.0 Å². The average molecular weight is 413 g/mol. The molecule has 1 aliphatic rings. The van der Waals surface area contributed by atoms with Gasteiger partial charge in [-0.1, -0.05) is 24.3 Å². The van der Waals surface area contributed by atoms with Crippen molar-refractivity contribution < 1.29 is 18.7 Å². The van der Waals surface area contributed by atoms with Gasteiger partial charge in [-0.05, 0) is 49.4 Å². The number of ether oxygens (including phenoxy) is 1. The second-order valence-electron chi connectivity index (χ2n) is 7.52. The van der Waals surface area contributed by atoms with E-state index in [1.54, 1.807) is 24.1 Å². The summed E-state index contributed by atoms with van der Waals surface area (Å²) in [6, 6.07) is 13.2. The number of hydrogen-bond donors (Lipinski definition) is 2. The lowest BCUT2D eigenvalue weighted by Gasteiger charge is -2.32. The van der Waals surface area contributed by atoms with Gasteiger partial charge in [0.05, 0.1) is 7.11 Å². The molecule has 0 saturated carbocycles. The number of carbonyl (C=O) groups excluding carboxylic acids is 2. The van der Waals surface area contributed by atoms with Crippen molar-refractivity contribution in [3.8, 4) is 5.75 Å². The Morgan fingerprint density at radius 2 is 2.03 bits per heavy atom. The first-order chi connectivity index (χ1) is 14.5. The third kappa shape index (κ3) is 6.20. The summed E-state index contributed by atoms with van der Waals surface area (Å²) in [7, 11) is 1.61. The van der Waals surface area contributed by atoms with Crippen LogP contribution in [0.5, 0.6) is 5.75 Å². The molecule has 30 heavy (non-hydrogen) atoms. The van der Waals surface area contributed by atoms with Crippen molar-refractivity contribution in [2.75, 3.05) is 25.5 Å². The van der Waals surface area contributed by atoms with E-state index in [1.165, 1.54) is 12.1 Å². The van der Waals surface area contributed by atoms with Crippen LogP contribution in [0.2, 0.25) is 0 Å². The van der Waals surface area contributed by atoms with E-state index in [-0.39, 0.29) is 23.7 Å². The quantitative estimate of drug-likeness (QED) is 0.716. The Kier molecular flexibility index (Phi) is 7.65. The van der Waals surface area contributed by atoms with E-state index in [9.17, 15) is 14.0 Å². The first-order valence-corrected chi connectivity index (χ1v) is 10.2. The Morgan fingerprint density at radius 1 is 1.20 bits per heavy atom. The smallest absolute Gasteiger partial charge is 0.321 e. The van der Waals surface area contributed by atoms with E-state index in [0.717, 1.165) is 30.6 Å². The highest BCUT2D eigenvalue weighted by molar-refractivity contribution is 5.89. The van der Waals surface area contributed by atoms with Gasteiger partial charge in [-0.2, -0.15) is 0 Å². The minimum atomic E-state index is -0.386. The molecule has 1 saturated heterocycles. The number of para-hydroxylation sites is 1. The molecule has 2 aromatic rings. The number of methoxy groups -OCH3 is 1. The number of halogens is 1. The van der Waals surface area contributed by atoms with Crippen LogP contribution in [0.15, 0.2) is 48.5 Å². The number of rotatable bonds is 7. The maximum atomic E-state index is 13.3. The van der Waals surface area contributed by atoms with Gasteiger partial charge in [0.25, 0.3) is 0 Å². The van der Waals surface area contributed by atoms with Gasteiger partial charge in [0.15, 0.2) is 0 Å².